The Kier molecular flexibility index (Phi) is 5.42. The number of pyridine rings is 1. The average molecular weight is 332 g/mol. The lowest BCUT2D eigenvalue weighted by Gasteiger charge is -2.44. The van der Waals surface area contributed by atoms with Crippen LogP contribution in [0.2, 0.25) is 0 Å². The highest BCUT2D eigenvalue weighted by molar-refractivity contribution is 5.46. The number of piperazine rings is 1. The zero-order valence-corrected chi connectivity index (χ0v) is 15.4. The van der Waals surface area contributed by atoms with Crippen molar-refractivity contribution in [2.75, 3.05) is 57.8 Å². The van der Waals surface area contributed by atoms with E-state index in [2.05, 4.69) is 52.7 Å². The fourth-order valence-electron chi connectivity index (χ4n) is 3.81. The van der Waals surface area contributed by atoms with Gasteiger partial charge >= 0.3 is 0 Å². The maximum Gasteiger partial charge on any atom is 0.0948 e. The van der Waals surface area contributed by atoms with E-state index in [0.717, 1.165) is 63.5 Å². The zero-order chi connectivity index (χ0) is 17.2. The molecule has 1 aromatic heterocycles. The van der Waals surface area contributed by atoms with Gasteiger partial charge in [0.1, 0.15) is 0 Å². The lowest BCUT2D eigenvalue weighted by Crippen LogP contribution is -2.57. The first-order chi connectivity index (χ1) is 11.5. The molecule has 1 aromatic rings. The average Bonchev–Trinajstić information content (AvgIpc) is 2.57. The van der Waals surface area contributed by atoms with Crippen LogP contribution in [0.4, 0.5) is 5.69 Å². The Morgan fingerprint density at radius 2 is 1.92 bits per heavy atom. The molecule has 2 saturated heterocycles. The molecule has 5 nitrogen and oxygen atoms in total. The number of anilines is 1. The van der Waals surface area contributed by atoms with Gasteiger partial charge in [0, 0.05) is 51.5 Å². The first kappa shape index (κ1) is 17.6. The predicted molar refractivity (Wildman–Crippen MR) is 98.7 cm³/mol. The van der Waals surface area contributed by atoms with Gasteiger partial charge in [0.2, 0.25) is 0 Å². The zero-order valence-electron chi connectivity index (χ0n) is 15.4. The van der Waals surface area contributed by atoms with Crippen molar-refractivity contribution in [1.29, 1.82) is 0 Å². The quantitative estimate of drug-likeness (QED) is 0.910. The van der Waals surface area contributed by atoms with Gasteiger partial charge in [0.15, 0.2) is 0 Å². The molecule has 2 aliphatic heterocycles. The standard InChI is InChI=1S/C19H32N4O/c1-16(2)18-6-5-17(13-20-18)23-8-4-7-19(24,15-23)14-22-11-9-21(3)10-12-22/h5-6,13,16,24H,4,7-12,14-15H2,1-3H3/t19-/m1/s1. The molecule has 0 radical (unpaired) electrons. The second-order valence-corrected chi connectivity index (χ2v) is 7.92. The minimum atomic E-state index is -0.606. The molecule has 0 aliphatic carbocycles. The Morgan fingerprint density at radius 3 is 2.54 bits per heavy atom. The third-order valence-electron chi connectivity index (χ3n) is 5.40. The van der Waals surface area contributed by atoms with Gasteiger partial charge in [0.05, 0.1) is 17.5 Å². The maximum absolute atomic E-state index is 11.1. The summed E-state index contributed by atoms with van der Waals surface area (Å²) in [6, 6.07) is 4.28. The van der Waals surface area contributed by atoms with Crippen LogP contribution in [-0.2, 0) is 0 Å². The summed E-state index contributed by atoms with van der Waals surface area (Å²) in [6.45, 7) is 11.1. The molecule has 3 heterocycles. The van der Waals surface area contributed by atoms with Gasteiger partial charge < -0.3 is 14.9 Å². The van der Waals surface area contributed by atoms with E-state index in [9.17, 15) is 5.11 Å². The second kappa shape index (κ2) is 7.38. The van der Waals surface area contributed by atoms with Crippen LogP contribution in [0.15, 0.2) is 18.3 Å². The highest BCUT2D eigenvalue weighted by Crippen LogP contribution is 2.27. The van der Waals surface area contributed by atoms with Gasteiger partial charge in [-0.05, 0) is 37.9 Å². The Labute approximate surface area is 146 Å². The molecule has 2 fully saturated rings. The fourth-order valence-corrected chi connectivity index (χ4v) is 3.81. The molecule has 1 N–H and O–H groups in total. The molecule has 0 amide bonds. The Balaban J connectivity index is 1.62. The second-order valence-electron chi connectivity index (χ2n) is 7.92. The van der Waals surface area contributed by atoms with E-state index in [0.29, 0.717) is 12.5 Å². The Hall–Kier alpha value is -1.17. The number of nitrogens with zero attached hydrogens (tertiary/aromatic N) is 4. The van der Waals surface area contributed by atoms with Crippen molar-refractivity contribution in [3.05, 3.63) is 24.0 Å². The Bertz CT molecular complexity index is 525. The summed E-state index contributed by atoms with van der Waals surface area (Å²) >= 11 is 0. The smallest absolute Gasteiger partial charge is 0.0948 e. The number of β-amino-alcohol motifs (C(OH)–C–C–N with tert-alkyl or cyclic N) is 1. The largest absolute Gasteiger partial charge is 0.387 e. The summed E-state index contributed by atoms with van der Waals surface area (Å²) in [5.74, 6) is 0.453. The number of hydrogen-bond donors (Lipinski definition) is 1. The molecule has 0 spiro atoms. The highest BCUT2D eigenvalue weighted by Gasteiger charge is 2.35. The number of hydrogen-bond acceptors (Lipinski definition) is 5. The molecular weight excluding hydrogens is 300 g/mol. The first-order valence-corrected chi connectivity index (χ1v) is 9.29. The molecule has 134 valence electrons. The third kappa shape index (κ3) is 4.26. The van der Waals surface area contributed by atoms with Crippen LogP contribution in [0, 0.1) is 0 Å². The molecule has 0 bridgehead atoms. The van der Waals surface area contributed by atoms with Crippen molar-refractivity contribution < 1.29 is 5.11 Å². The van der Waals surface area contributed by atoms with Crippen molar-refractivity contribution in [3.63, 3.8) is 0 Å². The number of rotatable bonds is 4. The van der Waals surface area contributed by atoms with Gasteiger partial charge in [-0.15, -0.1) is 0 Å². The fraction of sp³-hybridized carbons (Fsp3) is 0.737. The lowest BCUT2D eigenvalue weighted by atomic mass is 9.91. The van der Waals surface area contributed by atoms with Crippen molar-refractivity contribution in [2.24, 2.45) is 0 Å². The maximum atomic E-state index is 11.1. The normalized spacial score (nSPS) is 27.0. The van der Waals surface area contributed by atoms with Crippen LogP contribution in [0.25, 0.3) is 0 Å². The molecular formula is C19H32N4O. The molecule has 0 aromatic carbocycles. The van der Waals surface area contributed by atoms with E-state index in [4.69, 9.17) is 0 Å². The summed E-state index contributed by atoms with van der Waals surface area (Å²) in [4.78, 5) is 11.7. The van der Waals surface area contributed by atoms with Crippen molar-refractivity contribution in [3.8, 4) is 0 Å². The van der Waals surface area contributed by atoms with Gasteiger partial charge in [-0.1, -0.05) is 13.8 Å². The molecule has 2 aliphatic rings. The van der Waals surface area contributed by atoms with Crippen LogP contribution in [0.1, 0.15) is 38.3 Å². The van der Waals surface area contributed by atoms with Crippen molar-refractivity contribution in [2.45, 2.75) is 38.2 Å². The summed E-state index contributed by atoms with van der Waals surface area (Å²) in [5.41, 5.74) is 1.66. The number of piperidine rings is 1. The Morgan fingerprint density at radius 1 is 1.17 bits per heavy atom. The van der Waals surface area contributed by atoms with Crippen molar-refractivity contribution >= 4 is 5.69 Å². The summed E-state index contributed by atoms with van der Waals surface area (Å²) < 4.78 is 0. The van der Waals surface area contributed by atoms with Crippen LogP contribution >= 0.6 is 0 Å². The topological polar surface area (TPSA) is 42.8 Å². The molecule has 5 heteroatoms. The number of aromatic nitrogens is 1. The summed E-state index contributed by atoms with van der Waals surface area (Å²) in [7, 11) is 2.17. The van der Waals surface area contributed by atoms with Crippen LogP contribution in [0.3, 0.4) is 0 Å². The number of likely N-dealkylation sites (N-methyl/N-ethyl adjacent to an activating group) is 1. The highest BCUT2D eigenvalue weighted by atomic mass is 16.3. The van der Waals surface area contributed by atoms with Crippen LogP contribution in [-0.4, -0.2) is 78.4 Å². The monoisotopic (exact) mass is 332 g/mol. The molecule has 24 heavy (non-hydrogen) atoms. The van der Waals surface area contributed by atoms with Gasteiger partial charge in [-0.2, -0.15) is 0 Å². The summed E-state index contributed by atoms with van der Waals surface area (Å²) in [6.07, 6.45) is 3.90. The van der Waals surface area contributed by atoms with E-state index in [-0.39, 0.29) is 0 Å². The predicted octanol–water partition coefficient (Wildman–Crippen LogP) is 1.78. The minimum absolute atomic E-state index is 0.453. The molecule has 0 unspecified atom stereocenters. The van der Waals surface area contributed by atoms with E-state index in [1.165, 1.54) is 0 Å². The van der Waals surface area contributed by atoms with Crippen LogP contribution < -0.4 is 4.90 Å². The molecule has 0 saturated carbocycles. The van der Waals surface area contributed by atoms with E-state index < -0.39 is 5.60 Å². The lowest BCUT2D eigenvalue weighted by molar-refractivity contribution is -0.0172. The summed E-state index contributed by atoms with van der Waals surface area (Å²) in [5, 5.41) is 11.1. The SMILES string of the molecule is CC(C)c1ccc(N2CCC[C@@](O)(CN3CCN(C)CC3)C2)cn1. The van der Waals surface area contributed by atoms with Crippen molar-refractivity contribution in [1.82, 2.24) is 14.8 Å². The van der Waals surface area contributed by atoms with E-state index in [1.807, 2.05) is 6.20 Å². The molecule has 1 atom stereocenters. The first-order valence-electron chi connectivity index (χ1n) is 9.29. The number of aliphatic hydroxyl groups is 1. The van der Waals surface area contributed by atoms with E-state index in [1.54, 1.807) is 0 Å². The molecule has 3 rings (SSSR count). The minimum Gasteiger partial charge on any atom is -0.387 e. The van der Waals surface area contributed by atoms with Gasteiger partial charge in [-0.25, -0.2) is 0 Å². The van der Waals surface area contributed by atoms with Crippen LogP contribution in [0.5, 0.6) is 0 Å². The third-order valence-corrected chi connectivity index (χ3v) is 5.40. The van der Waals surface area contributed by atoms with Gasteiger partial charge in [0.25, 0.3) is 0 Å². The van der Waals surface area contributed by atoms with Gasteiger partial charge in [-0.3, -0.25) is 9.88 Å². The van der Waals surface area contributed by atoms with E-state index >= 15 is 0 Å².